The third-order valence-electron chi connectivity index (χ3n) is 4.02. The van der Waals surface area contributed by atoms with Crippen molar-refractivity contribution in [3.05, 3.63) is 59.1 Å². The van der Waals surface area contributed by atoms with Crippen LogP contribution in [0.25, 0.3) is 0 Å². The van der Waals surface area contributed by atoms with E-state index in [2.05, 4.69) is 4.72 Å². The maximum absolute atomic E-state index is 12.5. The molecule has 1 heterocycles. The van der Waals surface area contributed by atoms with Gasteiger partial charge in [-0.3, -0.25) is 4.79 Å². The molecule has 0 bridgehead atoms. The number of hydrogen-bond acceptors (Lipinski definition) is 3. The number of hydrogen-bond donors (Lipinski definition) is 1. The number of halogens is 1. The van der Waals surface area contributed by atoms with Gasteiger partial charge in [-0.1, -0.05) is 35.9 Å². The first-order valence-electron chi connectivity index (χ1n) is 7.53. The standard InChI is InChI=1S/C17H17ClN2O3S/c1-12-7-8-14(11-15(12)18)24(22,23)19-16-9-10-20(17(16)21)13-5-3-2-4-6-13/h2-8,11,16,19H,9-10H2,1H3/t16-/m1/s1. The van der Waals surface area contributed by atoms with Gasteiger partial charge >= 0.3 is 0 Å². The van der Waals surface area contributed by atoms with Crippen molar-refractivity contribution in [1.82, 2.24) is 4.72 Å². The lowest BCUT2D eigenvalue weighted by molar-refractivity contribution is -0.118. The molecule has 1 N–H and O–H groups in total. The number of sulfonamides is 1. The molecule has 0 saturated carbocycles. The van der Waals surface area contributed by atoms with E-state index in [1.54, 1.807) is 17.9 Å². The van der Waals surface area contributed by atoms with Gasteiger partial charge in [-0.15, -0.1) is 0 Å². The van der Waals surface area contributed by atoms with Crippen LogP contribution in [-0.4, -0.2) is 26.9 Å². The summed E-state index contributed by atoms with van der Waals surface area (Å²) in [5.74, 6) is -0.247. The van der Waals surface area contributed by atoms with Crippen molar-refractivity contribution in [2.24, 2.45) is 0 Å². The number of nitrogens with zero attached hydrogens (tertiary/aromatic N) is 1. The fourth-order valence-corrected chi connectivity index (χ4v) is 4.14. The number of aryl methyl sites for hydroxylation is 1. The lowest BCUT2D eigenvalue weighted by Gasteiger charge is -2.17. The smallest absolute Gasteiger partial charge is 0.245 e. The van der Waals surface area contributed by atoms with E-state index in [-0.39, 0.29) is 10.8 Å². The minimum atomic E-state index is -3.80. The molecule has 5 nitrogen and oxygen atoms in total. The molecule has 7 heteroatoms. The summed E-state index contributed by atoms with van der Waals surface area (Å²) in [4.78, 5) is 14.2. The lowest BCUT2D eigenvalue weighted by atomic mass is 10.2. The van der Waals surface area contributed by atoms with Crippen molar-refractivity contribution < 1.29 is 13.2 Å². The van der Waals surface area contributed by atoms with Crippen LogP contribution in [-0.2, 0) is 14.8 Å². The van der Waals surface area contributed by atoms with E-state index in [1.165, 1.54) is 12.1 Å². The molecule has 0 radical (unpaired) electrons. The molecule has 1 amide bonds. The van der Waals surface area contributed by atoms with Crippen LogP contribution in [0.1, 0.15) is 12.0 Å². The Kier molecular flexibility index (Phi) is 4.62. The highest BCUT2D eigenvalue weighted by Gasteiger charge is 2.35. The van der Waals surface area contributed by atoms with Crippen LogP contribution < -0.4 is 9.62 Å². The molecule has 2 aromatic rings. The Morgan fingerprint density at radius 2 is 1.88 bits per heavy atom. The molecule has 1 fully saturated rings. The molecular weight excluding hydrogens is 348 g/mol. The molecule has 0 spiro atoms. The van der Waals surface area contributed by atoms with Crippen molar-refractivity contribution in [2.75, 3.05) is 11.4 Å². The molecule has 126 valence electrons. The summed E-state index contributed by atoms with van der Waals surface area (Å²) in [5.41, 5.74) is 1.56. The summed E-state index contributed by atoms with van der Waals surface area (Å²) in [6.45, 7) is 2.27. The van der Waals surface area contributed by atoms with Gasteiger partial charge in [-0.2, -0.15) is 4.72 Å². The van der Waals surface area contributed by atoms with Gasteiger partial charge < -0.3 is 4.90 Å². The number of nitrogens with one attached hydrogen (secondary N) is 1. The normalized spacial score (nSPS) is 18.2. The van der Waals surface area contributed by atoms with Gasteiger partial charge in [-0.05, 0) is 43.2 Å². The summed E-state index contributed by atoms with van der Waals surface area (Å²) in [7, 11) is -3.80. The van der Waals surface area contributed by atoms with Crippen LogP contribution >= 0.6 is 11.6 Å². The molecule has 1 saturated heterocycles. The summed E-state index contributed by atoms with van der Waals surface area (Å²) in [5, 5.41) is 0.376. The molecular formula is C17H17ClN2O3S. The van der Waals surface area contributed by atoms with Crippen LogP contribution in [0.5, 0.6) is 0 Å². The van der Waals surface area contributed by atoms with Crippen LogP contribution in [0, 0.1) is 6.92 Å². The number of carbonyl (C=O) groups is 1. The van der Waals surface area contributed by atoms with Gasteiger partial charge in [0.15, 0.2) is 0 Å². The van der Waals surface area contributed by atoms with E-state index >= 15 is 0 Å². The Balaban J connectivity index is 1.78. The molecule has 0 aliphatic carbocycles. The number of anilines is 1. The fourth-order valence-electron chi connectivity index (χ4n) is 2.65. The topological polar surface area (TPSA) is 66.5 Å². The van der Waals surface area contributed by atoms with Gasteiger partial charge in [-0.25, -0.2) is 8.42 Å². The van der Waals surface area contributed by atoms with E-state index in [4.69, 9.17) is 11.6 Å². The second-order valence-corrected chi connectivity index (χ2v) is 7.82. The molecule has 1 aliphatic rings. The zero-order valence-corrected chi connectivity index (χ0v) is 14.6. The van der Waals surface area contributed by atoms with E-state index in [0.717, 1.165) is 11.3 Å². The Morgan fingerprint density at radius 3 is 2.54 bits per heavy atom. The molecule has 0 aromatic heterocycles. The summed E-state index contributed by atoms with van der Waals surface area (Å²) in [6, 6.07) is 13.0. The first-order chi connectivity index (χ1) is 11.4. The second kappa shape index (κ2) is 6.55. The van der Waals surface area contributed by atoms with E-state index < -0.39 is 16.1 Å². The van der Waals surface area contributed by atoms with Crippen molar-refractivity contribution in [2.45, 2.75) is 24.3 Å². The minimum Gasteiger partial charge on any atom is -0.311 e. The van der Waals surface area contributed by atoms with Gasteiger partial charge in [0.05, 0.1) is 4.90 Å². The van der Waals surface area contributed by atoms with Crippen molar-refractivity contribution >= 4 is 33.2 Å². The molecule has 3 rings (SSSR count). The van der Waals surface area contributed by atoms with Gasteiger partial charge in [0.1, 0.15) is 6.04 Å². The van der Waals surface area contributed by atoms with Crippen LogP contribution in [0.2, 0.25) is 5.02 Å². The zero-order valence-electron chi connectivity index (χ0n) is 13.1. The first kappa shape index (κ1) is 17.0. The van der Waals surface area contributed by atoms with Crippen molar-refractivity contribution in [3.63, 3.8) is 0 Å². The SMILES string of the molecule is Cc1ccc(S(=O)(=O)N[C@@H]2CCN(c3ccccc3)C2=O)cc1Cl. The third kappa shape index (κ3) is 3.31. The van der Waals surface area contributed by atoms with Gasteiger partial charge in [0, 0.05) is 17.3 Å². The van der Waals surface area contributed by atoms with Gasteiger partial charge in [0.2, 0.25) is 15.9 Å². The zero-order chi connectivity index (χ0) is 17.3. The van der Waals surface area contributed by atoms with Gasteiger partial charge in [0.25, 0.3) is 0 Å². The highest BCUT2D eigenvalue weighted by Crippen LogP contribution is 2.24. The monoisotopic (exact) mass is 364 g/mol. The summed E-state index contributed by atoms with van der Waals surface area (Å²) >= 11 is 6.00. The van der Waals surface area contributed by atoms with Crippen molar-refractivity contribution in [3.8, 4) is 0 Å². The Hall–Kier alpha value is -1.89. The third-order valence-corrected chi connectivity index (χ3v) is 5.90. The number of para-hydroxylation sites is 1. The predicted octanol–water partition coefficient (Wildman–Crippen LogP) is 2.73. The maximum atomic E-state index is 12.5. The second-order valence-electron chi connectivity index (χ2n) is 5.70. The predicted molar refractivity (Wildman–Crippen MR) is 93.7 cm³/mol. The lowest BCUT2D eigenvalue weighted by Crippen LogP contribution is -2.41. The average molecular weight is 365 g/mol. The number of amides is 1. The summed E-state index contributed by atoms with van der Waals surface area (Å²) < 4.78 is 27.5. The molecule has 2 aromatic carbocycles. The first-order valence-corrected chi connectivity index (χ1v) is 9.39. The minimum absolute atomic E-state index is 0.0593. The highest BCUT2D eigenvalue weighted by molar-refractivity contribution is 7.89. The molecule has 1 aliphatic heterocycles. The largest absolute Gasteiger partial charge is 0.311 e. The van der Waals surface area contributed by atoms with E-state index in [0.29, 0.717) is 18.0 Å². The Bertz CT molecular complexity index is 869. The van der Waals surface area contributed by atoms with Crippen LogP contribution in [0.15, 0.2) is 53.4 Å². The number of rotatable bonds is 4. The average Bonchev–Trinajstić information content (AvgIpc) is 2.91. The van der Waals surface area contributed by atoms with Crippen LogP contribution in [0.4, 0.5) is 5.69 Å². The molecule has 0 unspecified atom stereocenters. The number of carbonyl (C=O) groups excluding carboxylic acids is 1. The Morgan fingerprint density at radius 1 is 1.17 bits per heavy atom. The van der Waals surface area contributed by atoms with Crippen LogP contribution in [0.3, 0.4) is 0 Å². The number of benzene rings is 2. The molecule has 1 atom stereocenters. The molecule has 24 heavy (non-hydrogen) atoms. The van der Waals surface area contributed by atoms with E-state index in [1.807, 2.05) is 30.3 Å². The van der Waals surface area contributed by atoms with E-state index in [9.17, 15) is 13.2 Å². The van der Waals surface area contributed by atoms with Crippen molar-refractivity contribution in [1.29, 1.82) is 0 Å². The fraction of sp³-hybridized carbons (Fsp3) is 0.235. The highest BCUT2D eigenvalue weighted by atomic mass is 35.5. The summed E-state index contributed by atoms with van der Waals surface area (Å²) in [6.07, 6.45) is 0.423. The quantitative estimate of drug-likeness (QED) is 0.907. The Labute approximate surface area is 146 Å². The maximum Gasteiger partial charge on any atom is 0.245 e.